The summed E-state index contributed by atoms with van der Waals surface area (Å²) in [7, 11) is 0. The van der Waals surface area contributed by atoms with Gasteiger partial charge in [0.1, 0.15) is 11.3 Å². The number of hydrogen-bond acceptors (Lipinski definition) is 3. The average molecular weight is 262 g/mol. The zero-order valence-corrected chi connectivity index (χ0v) is 10.5. The maximum atomic E-state index is 12.3. The minimum absolute atomic E-state index is 0.0586. The first-order valence-corrected chi connectivity index (χ1v) is 6.26. The Hall–Kier alpha value is -2.88. The van der Waals surface area contributed by atoms with Crippen LogP contribution in [-0.4, -0.2) is 15.8 Å². The van der Waals surface area contributed by atoms with E-state index < -0.39 is 0 Å². The quantitative estimate of drug-likeness (QED) is 0.562. The Morgan fingerprint density at radius 2 is 2.05 bits per heavy atom. The van der Waals surface area contributed by atoms with Crippen molar-refractivity contribution >= 4 is 27.5 Å². The minimum atomic E-state index is -0.0586. The summed E-state index contributed by atoms with van der Waals surface area (Å²) in [6, 6.07) is 11.5. The van der Waals surface area contributed by atoms with E-state index in [1.54, 1.807) is 6.26 Å². The molecule has 0 spiro atoms. The molecule has 0 aliphatic carbocycles. The topological polar surface area (TPSA) is 58.9 Å². The van der Waals surface area contributed by atoms with Gasteiger partial charge in [-0.25, -0.2) is 4.98 Å². The third-order valence-corrected chi connectivity index (χ3v) is 3.46. The van der Waals surface area contributed by atoms with E-state index in [2.05, 4.69) is 9.97 Å². The van der Waals surface area contributed by atoms with Gasteiger partial charge in [0.25, 0.3) is 0 Å². The highest BCUT2D eigenvalue weighted by atomic mass is 16.3. The van der Waals surface area contributed by atoms with E-state index in [4.69, 9.17) is 4.42 Å². The van der Waals surface area contributed by atoms with Crippen molar-refractivity contribution in [1.29, 1.82) is 0 Å². The van der Waals surface area contributed by atoms with Gasteiger partial charge in [-0.05, 0) is 29.0 Å². The molecule has 0 aliphatic heterocycles. The van der Waals surface area contributed by atoms with Gasteiger partial charge in [-0.15, -0.1) is 0 Å². The van der Waals surface area contributed by atoms with Gasteiger partial charge >= 0.3 is 0 Å². The number of carbonyl (C=O) groups excluding carboxylic acids is 1. The van der Waals surface area contributed by atoms with Crippen molar-refractivity contribution in [2.75, 3.05) is 0 Å². The van der Waals surface area contributed by atoms with Crippen molar-refractivity contribution in [2.45, 2.75) is 0 Å². The van der Waals surface area contributed by atoms with Crippen LogP contribution in [0.15, 0.2) is 59.6 Å². The molecule has 4 heteroatoms. The van der Waals surface area contributed by atoms with Crippen LogP contribution in [0.25, 0.3) is 21.7 Å². The van der Waals surface area contributed by atoms with Crippen LogP contribution in [-0.2, 0) is 0 Å². The van der Waals surface area contributed by atoms with Crippen molar-refractivity contribution in [3.8, 4) is 0 Å². The molecule has 0 aliphatic rings. The second-order valence-corrected chi connectivity index (χ2v) is 4.63. The molecule has 0 fully saturated rings. The monoisotopic (exact) mass is 262 g/mol. The van der Waals surface area contributed by atoms with Crippen LogP contribution in [0.3, 0.4) is 0 Å². The number of nitrogens with one attached hydrogen (secondary N) is 1. The normalized spacial score (nSPS) is 11.2. The second kappa shape index (κ2) is 4.06. The summed E-state index contributed by atoms with van der Waals surface area (Å²) < 4.78 is 5.38. The number of hydrogen-bond donors (Lipinski definition) is 1. The number of imidazole rings is 1. The third-order valence-electron chi connectivity index (χ3n) is 3.46. The van der Waals surface area contributed by atoms with Crippen LogP contribution in [0.5, 0.6) is 0 Å². The van der Waals surface area contributed by atoms with Gasteiger partial charge in [0.2, 0.25) is 5.78 Å². The summed E-state index contributed by atoms with van der Waals surface area (Å²) >= 11 is 0. The summed E-state index contributed by atoms with van der Waals surface area (Å²) in [5, 5.41) is 3.16. The highest BCUT2D eigenvalue weighted by Crippen LogP contribution is 2.27. The minimum Gasteiger partial charge on any atom is -0.464 e. The number of furan rings is 1. The number of rotatable bonds is 2. The molecule has 4 rings (SSSR count). The number of benzene rings is 2. The number of H-pyrrole nitrogens is 1. The molecule has 2 aromatic carbocycles. The Labute approximate surface area is 114 Å². The Bertz CT molecular complexity index is 920. The first-order chi connectivity index (χ1) is 9.83. The van der Waals surface area contributed by atoms with Crippen molar-refractivity contribution in [2.24, 2.45) is 0 Å². The van der Waals surface area contributed by atoms with Gasteiger partial charge in [0.15, 0.2) is 0 Å². The largest absolute Gasteiger partial charge is 0.464 e. The summed E-state index contributed by atoms with van der Waals surface area (Å²) in [6.07, 6.45) is 4.71. The molecule has 2 aromatic heterocycles. The molecule has 0 saturated carbocycles. The van der Waals surface area contributed by atoms with Crippen LogP contribution in [0, 0.1) is 0 Å². The molecule has 96 valence electrons. The van der Waals surface area contributed by atoms with Crippen LogP contribution >= 0.6 is 0 Å². The Kier molecular flexibility index (Phi) is 2.23. The molecule has 20 heavy (non-hydrogen) atoms. The van der Waals surface area contributed by atoms with Gasteiger partial charge in [-0.3, -0.25) is 4.79 Å². The maximum Gasteiger partial charge on any atom is 0.210 e. The SMILES string of the molecule is O=C(c1ccc2c(ccc3occc32)c1)c1cnc[nH]1. The second-order valence-electron chi connectivity index (χ2n) is 4.63. The van der Waals surface area contributed by atoms with E-state index in [1.807, 2.05) is 36.4 Å². The van der Waals surface area contributed by atoms with Crippen molar-refractivity contribution in [1.82, 2.24) is 9.97 Å². The van der Waals surface area contributed by atoms with Crippen LogP contribution < -0.4 is 0 Å². The molecule has 0 bridgehead atoms. The van der Waals surface area contributed by atoms with Gasteiger partial charge < -0.3 is 9.40 Å². The van der Waals surface area contributed by atoms with Gasteiger partial charge in [0, 0.05) is 10.9 Å². The molecule has 1 N–H and O–H groups in total. The fourth-order valence-corrected chi connectivity index (χ4v) is 2.46. The van der Waals surface area contributed by atoms with E-state index in [0.29, 0.717) is 11.3 Å². The predicted molar refractivity (Wildman–Crippen MR) is 75.7 cm³/mol. The van der Waals surface area contributed by atoms with Gasteiger partial charge in [-0.2, -0.15) is 0 Å². The highest BCUT2D eigenvalue weighted by Gasteiger charge is 2.11. The summed E-state index contributed by atoms with van der Waals surface area (Å²) in [4.78, 5) is 19.0. The van der Waals surface area contributed by atoms with E-state index in [-0.39, 0.29) is 5.78 Å². The third kappa shape index (κ3) is 1.55. The van der Waals surface area contributed by atoms with Crippen molar-refractivity contribution in [3.05, 3.63) is 66.4 Å². The van der Waals surface area contributed by atoms with Crippen LogP contribution in [0.2, 0.25) is 0 Å². The zero-order chi connectivity index (χ0) is 13.5. The Balaban J connectivity index is 1.91. The molecule has 4 aromatic rings. The van der Waals surface area contributed by atoms with E-state index >= 15 is 0 Å². The first kappa shape index (κ1) is 11.0. The van der Waals surface area contributed by atoms with Crippen molar-refractivity contribution in [3.63, 3.8) is 0 Å². The molecule has 4 nitrogen and oxygen atoms in total. The van der Waals surface area contributed by atoms with E-state index in [1.165, 1.54) is 12.5 Å². The van der Waals surface area contributed by atoms with E-state index in [0.717, 1.165) is 21.7 Å². The lowest BCUT2D eigenvalue weighted by Gasteiger charge is -2.03. The molecular formula is C16H10N2O2. The lowest BCUT2D eigenvalue weighted by molar-refractivity contribution is 0.103. The Morgan fingerprint density at radius 1 is 1.10 bits per heavy atom. The predicted octanol–water partition coefficient (Wildman–Crippen LogP) is 3.54. The number of fused-ring (bicyclic) bond motifs is 3. The lowest BCUT2D eigenvalue weighted by Crippen LogP contribution is -2.01. The van der Waals surface area contributed by atoms with Gasteiger partial charge in [0.05, 0.1) is 18.8 Å². The summed E-state index contributed by atoms with van der Waals surface area (Å²) in [5.41, 5.74) is 1.99. The number of carbonyl (C=O) groups is 1. The van der Waals surface area contributed by atoms with Crippen LogP contribution in [0.1, 0.15) is 16.1 Å². The molecule has 0 radical (unpaired) electrons. The fourth-order valence-electron chi connectivity index (χ4n) is 2.46. The molecule has 2 heterocycles. The van der Waals surface area contributed by atoms with Crippen LogP contribution in [0.4, 0.5) is 0 Å². The lowest BCUT2D eigenvalue weighted by atomic mass is 10.0. The number of aromatic amines is 1. The number of aromatic nitrogens is 2. The fraction of sp³-hybridized carbons (Fsp3) is 0. The summed E-state index contributed by atoms with van der Waals surface area (Å²) in [5.74, 6) is -0.0586. The van der Waals surface area contributed by atoms with Crippen molar-refractivity contribution < 1.29 is 9.21 Å². The zero-order valence-electron chi connectivity index (χ0n) is 10.5. The molecule has 0 amide bonds. The number of ketones is 1. The Morgan fingerprint density at radius 3 is 2.90 bits per heavy atom. The molecule has 0 atom stereocenters. The maximum absolute atomic E-state index is 12.3. The average Bonchev–Trinajstić information content (AvgIpc) is 3.16. The molecule has 0 unspecified atom stereocenters. The molecule has 0 saturated heterocycles. The molecular weight excluding hydrogens is 252 g/mol. The van der Waals surface area contributed by atoms with E-state index in [9.17, 15) is 4.79 Å². The summed E-state index contributed by atoms with van der Waals surface area (Å²) in [6.45, 7) is 0. The highest BCUT2D eigenvalue weighted by molar-refractivity contribution is 6.12. The number of nitrogens with zero attached hydrogens (tertiary/aromatic N) is 1. The standard InChI is InChI=1S/C16H10N2O2/c19-16(14-8-17-9-18-14)11-1-3-12-10(7-11)2-4-15-13(12)5-6-20-15/h1-9H,(H,17,18). The van der Waals surface area contributed by atoms with Gasteiger partial charge in [-0.1, -0.05) is 18.2 Å². The first-order valence-electron chi connectivity index (χ1n) is 6.26. The smallest absolute Gasteiger partial charge is 0.210 e.